The average Bonchev–Trinajstić information content (AvgIpc) is 1.36. The van der Waals surface area contributed by atoms with E-state index >= 15 is 0 Å². The molecule has 0 saturated heterocycles. The molecule has 0 spiro atoms. The summed E-state index contributed by atoms with van der Waals surface area (Å²) < 4.78 is 37.6. The molecule has 1 unspecified atom stereocenters. The molecule has 0 bridgehead atoms. The van der Waals surface area contributed by atoms with Crippen LogP contribution in [-0.4, -0.2) is 44.1 Å². The summed E-state index contributed by atoms with van der Waals surface area (Å²) in [6, 6.07) is 0. The first-order valence-corrected chi connectivity index (χ1v) is 2.19. The summed E-state index contributed by atoms with van der Waals surface area (Å²) in [4.78, 5) is 0. The Hall–Kier alpha value is 0.970. The van der Waals surface area contributed by atoms with Gasteiger partial charge in [-0.2, -0.15) is 8.78 Å². The fourth-order valence-corrected chi connectivity index (χ4v) is 0. The molecule has 2 nitrogen and oxygen atoms in total. The zero-order valence-corrected chi connectivity index (χ0v) is 6.41. The largest absolute Gasteiger partial charge is 0.336 e. The van der Waals surface area contributed by atoms with Gasteiger partial charge in [0.15, 0.2) is 0 Å². The zero-order chi connectivity index (χ0) is 5.15. The van der Waals surface area contributed by atoms with Gasteiger partial charge in [0.05, 0.1) is 0 Å². The molecule has 0 rings (SSSR count). The van der Waals surface area contributed by atoms with Crippen LogP contribution in [0.4, 0.5) is 8.78 Å². The van der Waals surface area contributed by atoms with Crippen molar-refractivity contribution in [1.29, 1.82) is 0 Å². The van der Waals surface area contributed by atoms with Crippen molar-refractivity contribution in [3.8, 4) is 0 Å². The van der Waals surface area contributed by atoms with Crippen LogP contribution in [0.3, 0.4) is 0 Å². The molecular formula is CH2F2NaO2S. The standard InChI is InChI=1S/CH2F2O2S.Na/c2-1(3)6(4)5;/h1H,(H,4,5);. The summed E-state index contributed by atoms with van der Waals surface area (Å²) in [5.74, 6) is -3.12. The molecule has 0 heterocycles. The van der Waals surface area contributed by atoms with E-state index in [9.17, 15) is 8.78 Å². The molecule has 0 aliphatic rings. The Labute approximate surface area is 63.9 Å². The van der Waals surface area contributed by atoms with Crippen molar-refractivity contribution in [3.63, 3.8) is 0 Å². The minimum atomic E-state index is -3.12. The third-order valence-electron chi connectivity index (χ3n) is 0.152. The maximum Gasteiger partial charge on any atom is 0.336 e. The van der Waals surface area contributed by atoms with Crippen molar-refractivity contribution >= 4 is 40.6 Å². The van der Waals surface area contributed by atoms with Crippen molar-refractivity contribution in [1.82, 2.24) is 0 Å². The zero-order valence-electron chi connectivity index (χ0n) is 3.60. The first kappa shape index (κ1) is 10.9. The Bertz CT molecular complexity index is 66.7. The molecule has 0 aromatic heterocycles. The van der Waals surface area contributed by atoms with Gasteiger partial charge >= 0.3 is 5.76 Å². The Morgan fingerprint density at radius 1 is 1.57 bits per heavy atom. The molecule has 0 saturated carbocycles. The van der Waals surface area contributed by atoms with Crippen LogP contribution in [0.15, 0.2) is 0 Å². The number of rotatable bonds is 1. The van der Waals surface area contributed by atoms with E-state index in [1.165, 1.54) is 0 Å². The second kappa shape index (κ2) is 5.11. The van der Waals surface area contributed by atoms with Crippen LogP contribution >= 0.6 is 0 Å². The molecule has 1 N–H and O–H groups in total. The van der Waals surface area contributed by atoms with Crippen LogP contribution in [0.2, 0.25) is 0 Å². The summed E-state index contributed by atoms with van der Waals surface area (Å²) >= 11 is -2.95. The third-order valence-corrected chi connectivity index (χ3v) is 0.457. The van der Waals surface area contributed by atoms with Crippen molar-refractivity contribution in [2.45, 2.75) is 5.76 Å². The number of alkyl halides is 2. The minimum absolute atomic E-state index is 0. The Morgan fingerprint density at radius 3 is 1.71 bits per heavy atom. The molecule has 6 heteroatoms. The van der Waals surface area contributed by atoms with Gasteiger partial charge in [0.1, 0.15) is 0 Å². The summed E-state index contributed by atoms with van der Waals surface area (Å²) in [5.41, 5.74) is 0. The summed E-state index contributed by atoms with van der Waals surface area (Å²) in [6.45, 7) is 0. The predicted molar refractivity (Wildman–Crippen MR) is 22.5 cm³/mol. The van der Waals surface area contributed by atoms with Gasteiger partial charge in [-0.05, 0) is 0 Å². The van der Waals surface area contributed by atoms with E-state index in [2.05, 4.69) is 0 Å². The van der Waals surface area contributed by atoms with Crippen molar-refractivity contribution < 1.29 is 17.5 Å². The van der Waals surface area contributed by atoms with Crippen molar-refractivity contribution in [2.75, 3.05) is 0 Å². The van der Waals surface area contributed by atoms with Crippen LogP contribution in [0.25, 0.3) is 0 Å². The smallest absolute Gasteiger partial charge is 0.302 e. The quantitative estimate of drug-likeness (QED) is 0.411. The molecule has 0 aliphatic carbocycles. The minimum Gasteiger partial charge on any atom is -0.302 e. The van der Waals surface area contributed by atoms with E-state index in [1.807, 2.05) is 0 Å². The van der Waals surface area contributed by atoms with E-state index in [0.29, 0.717) is 0 Å². The van der Waals surface area contributed by atoms with Crippen molar-refractivity contribution in [3.05, 3.63) is 0 Å². The first-order chi connectivity index (χ1) is 2.64. The number of hydrogen-bond acceptors (Lipinski definition) is 1. The van der Waals surface area contributed by atoms with E-state index in [1.54, 1.807) is 0 Å². The van der Waals surface area contributed by atoms with Crippen LogP contribution in [0, 0.1) is 0 Å². The molecule has 0 aliphatic heterocycles. The fraction of sp³-hybridized carbons (Fsp3) is 1.00. The normalized spacial score (nSPS) is 13.1. The van der Waals surface area contributed by atoms with Gasteiger partial charge in [-0.15, -0.1) is 0 Å². The molecule has 1 radical (unpaired) electrons. The summed E-state index contributed by atoms with van der Waals surface area (Å²) in [6.07, 6.45) is 0. The Morgan fingerprint density at radius 2 is 1.71 bits per heavy atom. The van der Waals surface area contributed by atoms with Crippen molar-refractivity contribution in [2.24, 2.45) is 0 Å². The van der Waals surface area contributed by atoms with Gasteiger partial charge in [0.2, 0.25) is 11.1 Å². The molecule has 39 valence electrons. The second-order valence-electron chi connectivity index (χ2n) is 0.537. The van der Waals surface area contributed by atoms with Gasteiger partial charge in [0, 0.05) is 29.6 Å². The van der Waals surface area contributed by atoms with Gasteiger partial charge < -0.3 is 4.55 Å². The molecule has 7 heavy (non-hydrogen) atoms. The molecular weight excluding hydrogens is 137 g/mol. The Kier molecular flexibility index (Phi) is 7.94. The SMILES string of the molecule is O=S(O)C(F)F.[Na]. The van der Waals surface area contributed by atoms with Crippen LogP contribution in [0.1, 0.15) is 0 Å². The first-order valence-electron chi connectivity index (χ1n) is 1.02. The van der Waals surface area contributed by atoms with E-state index in [4.69, 9.17) is 8.76 Å². The topological polar surface area (TPSA) is 37.3 Å². The van der Waals surface area contributed by atoms with E-state index in [-0.39, 0.29) is 29.6 Å². The van der Waals surface area contributed by atoms with Crippen LogP contribution < -0.4 is 0 Å². The van der Waals surface area contributed by atoms with Crippen LogP contribution in [0.5, 0.6) is 0 Å². The number of halogens is 2. The maximum absolute atomic E-state index is 10.6. The fourth-order valence-electron chi connectivity index (χ4n) is 0. The van der Waals surface area contributed by atoms with Gasteiger partial charge in [0.25, 0.3) is 0 Å². The van der Waals surface area contributed by atoms with Gasteiger partial charge in [-0.3, -0.25) is 0 Å². The molecule has 1 atom stereocenters. The van der Waals surface area contributed by atoms with Gasteiger partial charge in [-0.1, -0.05) is 0 Å². The summed E-state index contributed by atoms with van der Waals surface area (Å²) in [5, 5.41) is 0. The van der Waals surface area contributed by atoms with E-state index < -0.39 is 16.8 Å². The monoisotopic (exact) mass is 139 g/mol. The van der Waals surface area contributed by atoms with E-state index in [0.717, 1.165) is 0 Å². The predicted octanol–water partition coefficient (Wildman–Crippen LogP) is 0.0499. The number of hydrogen-bond donors (Lipinski definition) is 1. The summed E-state index contributed by atoms with van der Waals surface area (Å²) in [7, 11) is 0. The molecule has 0 aromatic rings. The average molecular weight is 139 g/mol. The van der Waals surface area contributed by atoms with Gasteiger partial charge in [-0.25, -0.2) is 4.21 Å². The molecule has 0 aromatic carbocycles. The Balaban J connectivity index is 0. The second-order valence-corrected chi connectivity index (χ2v) is 1.45. The third kappa shape index (κ3) is 6.97. The molecule has 0 fully saturated rings. The molecule has 0 amide bonds. The maximum atomic E-state index is 10.6. The van der Waals surface area contributed by atoms with Crippen LogP contribution in [-0.2, 0) is 11.1 Å².